The molecule has 8 heteroatoms. The first-order chi connectivity index (χ1) is 12.3. The number of sulfonamides is 1. The van der Waals surface area contributed by atoms with E-state index in [0.29, 0.717) is 18.8 Å². The molecular formula is C18H22IN3O3S. The van der Waals surface area contributed by atoms with Gasteiger partial charge in [-0.3, -0.25) is 9.10 Å². The average molecular weight is 487 g/mol. The first-order valence-corrected chi connectivity index (χ1v) is 11.0. The smallest absolute Gasteiger partial charge is 0.240 e. The van der Waals surface area contributed by atoms with Crippen LogP contribution in [-0.4, -0.2) is 47.3 Å². The van der Waals surface area contributed by atoms with Gasteiger partial charge in [-0.25, -0.2) is 8.42 Å². The molecule has 0 heterocycles. The Hall–Kier alpha value is -1.81. The van der Waals surface area contributed by atoms with Crippen molar-refractivity contribution in [2.24, 2.45) is 0 Å². The lowest BCUT2D eigenvalue weighted by Crippen LogP contribution is -2.42. The highest BCUT2D eigenvalue weighted by Crippen LogP contribution is 2.18. The zero-order valence-electron chi connectivity index (χ0n) is 14.7. The number of likely N-dealkylation sites (N-methyl/N-ethyl adjacent to an activating group) is 1. The maximum Gasteiger partial charge on any atom is 0.240 e. The molecule has 0 atom stereocenters. The molecule has 0 aliphatic carbocycles. The summed E-state index contributed by atoms with van der Waals surface area (Å²) in [6, 6.07) is 16.8. The summed E-state index contributed by atoms with van der Waals surface area (Å²) in [5, 5.41) is 2.78. The minimum Gasteiger partial charge on any atom is -0.373 e. The fourth-order valence-corrected chi connectivity index (χ4v) is 3.58. The Bertz CT molecular complexity index is 827. The van der Waals surface area contributed by atoms with Gasteiger partial charge in [-0.15, -0.1) is 0 Å². The molecule has 2 aromatic rings. The molecule has 0 aromatic heterocycles. The van der Waals surface area contributed by atoms with Crippen molar-refractivity contribution in [3.8, 4) is 0 Å². The van der Waals surface area contributed by atoms with Crippen LogP contribution in [0.15, 0.2) is 54.6 Å². The third-order valence-corrected chi connectivity index (χ3v) is 5.63. The van der Waals surface area contributed by atoms with Crippen molar-refractivity contribution in [1.29, 1.82) is 0 Å². The van der Waals surface area contributed by atoms with Gasteiger partial charge in [0.05, 0.1) is 11.9 Å². The largest absolute Gasteiger partial charge is 0.373 e. The lowest BCUT2D eigenvalue weighted by molar-refractivity contribution is -0.119. The molecule has 0 radical (unpaired) electrons. The summed E-state index contributed by atoms with van der Waals surface area (Å²) < 4.78 is 26.2. The fourth-order valence-electron chi connectivity index (χ4n) is 2.37. The molecule has 0 saturated carbocycles. The zero-order valence-corrected chi connectivity index (χ0v) is 17.7. The van der Waals surface area contributed by atoms with E-state index < -0.39 is 10.0 Å². The Balaban J connectivity index is 1.92. The van der Waals surface area contributed by atoms with Gasteiger partial charge in [0, 0.05) is 29.4 Å². The number of carbonyl (C=O) groups excluding carboxylic acids is 1. The highest BCUT2D eigenvalue weighted by Gasteiger charge is 2.20. The van der Waals surface area contributed by atoms with Crippen LogP contribution in [0.2, 0.25) is 0 Å². The molecule has 140 valence electrons. The van der Waals surface area contributed by atoms with Crippen LogP contribution in [0.1, 0.15) is 0 Å². The Morgan fingerprint density at radius 1 is 1.04 bits per heavy atom. The normalized spacial score (nSPS) is 11.0. The topological polar surface area (TPSA) is 69.7 Å². The second-order valence-corrected chi connectivity index (χ2v) is 9.01. The average Bonchev–Trinajstić information content (AvgIpc) is 2.60. The quantitative estimate of drug-likeness (QED) is 0.581. The number of hydrogen-bond acceptors (Lipinski definition) is 4. The van der Waals surface area contributed by atoms with Crippen LogP contribution in [0.4, 0.5) is 11.4 Å². The van der Waals surface area contributed by atoms with Crippen LogP contribution in [0.3, 0.4) is 0 Å². The van der Waals surface area contributed by atoms with Gasteiger partial charge in [0.25, 0.3) is 0 Å². The first kappa shape index (κ1) is 20.5. The molecule has 0 fully saturated rings. The number of rotatable bonds is 8. The summed E-state index contributed by atoms with van der Waals surface area (Å²) in [4.78, 5) is 14.2. The molecule has 2 aromatic carbocycles. The number of nitrogens with one attached hydrogen (secondary N) is 1. The molecule has 0 saturated heterocycles. The Morgan fingerprint density at radius 3 is 2.23 bits per heavy atom. The molecule has 0 bridgehead atoms. The molecule has 2 rings (SSSR count). The maximum atomic E-state index is 12.2. The van der Waals surface area contributed by atoms with Crippen molar-refractivity contribution in [3.63, 3.8) is 0 Å². The number of amides is 1. The molecular weight excluding hydrogens is 465 g/mol. The second-order valence-electron chi connectivity index (χ2n) is 5.85. The molecule has 0 aliphatic rings. The minimum atomic E-state index is -3.55. The number of benzene rings is 2. The SMILES string of the molecule is CN(CCNC(=O)CN(c1ccc(I)cc1)S(C)(=O)=O)c1ccccc1. The summed E-state index contributed by atoms with van der Waals surface area (Å²) in [5.41, 5.74) is 1.53. The van der Waals surface area contributed by atoms with E-state index in [9.17, 15) is 13.2 Å². The van der Waals surface area contributed by atoms with E-state index in [4.69, 9.17) is 0 Å². The van der Waals surface area contributed by atoms with Crippen molar-refractivity contribution in [3.05, 3.63) is 58.2 Å². The van der Waals surface area contributed by atoms with Crippen LogP contribution in [-0.2, 0) is 14.8 Å². The zero-order chi connectivity index (χ0) is 19.2. The van der Waals surface area contributed by atoms with E-state index in [1.54, 1.807) is 24.3 Å². The first-order valence-electron chi connectivity index (χ1n) is 8.03. The Kier molecular flexibility index (Phi) is 7.27. The monoisotopic (exact) mass is 487 g/mol. The fraction of sp³-hybridized carbons (Fsp3) is 0.278. The van der Waals surface area contributed by atoms with Gasteiger partial charge in [-0.2, -0.15) is 0 Å². The molecule has 0 unspecified atom stereocenters. The highest BCUT2D eigenvalue weighted by atomic mass is 127. The molecule has 1 N–H and O–H groups in total. The number of anilines is 2. The predicted octanol–water partition coefficient (Wildman–Crippen LogP) is 2.31. The van der Waals surface area contributed by atoms with Crippen LogP contribution in [0.5, 0.6) is 0 Å². The van der Waals surface area contributed by atoms with E-state index in [0.717, 1.165) is 19.8 Å². The van der Waals surface area contributed by atoms with Crippen LogP contribution in [0.25, 0.3) is 0 Å². The van der Waals surface area contributed by atoms with Gasteiger partial charge in [0.15, 0.2) is 0 Å². The second kappa shape index (κ2) is 9.22. The van der Waals surface area contributed by atoms with Gasteiger partial charge in [-0.1, -0.05) is 18.2 Å². The maximum absolute atomic E-state index is 12.2. The minimum absolute atomic E-state index is 0.242. The standard InChI is InChI=1S/C18H22IN3O3S/c1-21(16-6-4-3-5-7-16)13-12-20-18(23)14-22(26(2,24)25)17-10-8-15(19)9-11-17/h3-11H,12-14H2,1-2H3,(H,20,23). The van der Waals surface area contributed by atoms with E-state index in [2.05, 4.69) is 27.9 Å². The number of nitrogens with zero attached hydrogens (tertiary/aromatic N) is 2. The molecule has 0 spiro atoms. The molecule has 6 nitrogen and oxygen atoms in total. The number of para-hydroxylation sites is 1. The lowest BCUT2D eigenvalue weighted by Gasteiger charge is -2.23. The van der Waals surface area contributed by atoms with Crippen LogP contribution >= 0.6 is 22.6 Å². The summed E-state index contributed by atoms with van der Waals surface area (Å²) >= 11 is 2.14. The molecule has 0 aliphatic heterocycles. The summed E-state index contributed by atoms with van der Waals surface area (Å²) in [6.07, 6.45) is 1.10. The van der Waals surface area contributed by atoms with Crippen molar-refractivity contribution in [1.82, 2.24) is 5.32 Å². The summed E-state index contributed by atoms with van der Waals surface area (Å²) in [5.74, 6) is -0.338. The van der Waals surface area contributed by atoms with Crippen molar-refractivity contribution < 1.29 is 13.2 Å². The molecule has 26 heavy (non-hydrogen) atoms. The number of hydrogen-bond donors (Lipinski definition) is 1. The van der Waals surface area contributed by atoms with Crippen LogP contribution in [0, 0.1) is 3.57 Å². The predicted molar refractivity (Wildman–Crippen MR) is 114 cm³/mol. The van der Waals surface area contributed by atoms with Crippen LogP contribution < -0.4 is 14.5 Å². The van der Waals surface area contributed by atoms with Crippen molar-refractivity contribution in [2.45, 2.75) is 0 Å². The summed E-state index contributed by atoms with van der Waals surface area (Å²) in [7, 11) is -1.61. The van der Waals surface area contributed by atoms with Crippen molar-refractivity contribution in [2.75, 3.05) is 42.1 Å². The number of halogens is 1. The third kappa shape index (κ3) is 6.17. The van der Waals surface area contributed by atoms with Gasteiger partial charge in [0.1, 0.15) is 6.54 Å². The Labute approximate surface area is 168 Å². The lowest BCUT2D eigenvalue weighted by atomic mass is 10.3. The number of carbonyl (C=O) groups is 1. The molecule has 1 amide bonds. The van der Waals surface area contributed by atoms with E-state index in [1.165, 1.54) is 0 Å². The van der Waals surface area contributed by atoms with E-state index in [-0.39, 0.29) is 12.5 Å². The van der Waals surface area contributed by atoms with Gasteiger partial charge >= 0.3 is 0 Å². The Morgan fingerprint density at radius 2 is 1.65 bits per heavy atom. The summed E-state index contributed by atoms with van der Waals surface area (Å²) in [6.45, 7) is 0.807. The van der Waals surface area contributed by atoms with Gasteiger partial charge in [0.2, 0.25) is 15.9 Å². The van der Waals surface area contributed by atoms with E-state index >= 15 is 0 Å². The van der Waals surface area contributed by atoms with Gasteiger partial charge in [-0.05, 0) is 59.0 Å². The van der Waals surface area contributed by atoms with Gasteiger partial charge < -0.3 is 10.2 Å². The van der Waals surface area contributed by atoms with E-state index in [1.807, 2.05) is 42.3 Å². The third-order valence-electron chi connectivity index (χ3n) is 3.77. The highest BCUT2D eigenvalue weighted by molar-refractivity contribution is 14.1. The van der Waals surface area contributed by atoms with Crippen molar-refractivity contribution >= 4 is 49.9 Å².